The predicted molar refractivity (Wildman–Crippen MR) is 82.0 cm³/mol. The molecule has 0 aromatic heterocycles. The van der Waals surface area contributed by atoms with E-state index in [4.69, 9.17) is 14.2 Å². The third-order valence-corrected chi connectivity index (χ3v) is 4.92. The molecule has 0 spiro atoms. The predicted octanol–water partition coefficient (Wildman–Crippen LogP) is 1.38. The summed E-state index contributed by atoms with van der Waals surface area (Å²) in [6.45, 7) is 3.51. The van der Waals surface area contributed by atoms with E-state index in [-0.39, 0.29) is 36.7 Å². The number of fused-ring (bicyclic) bond motifs is 1. The van der Waals surface area contributed by atoms with Crippen molar-refractivity contribution in [3.05, 3.63) is 22.3 Å². The zero-order valence-corrected chi connectivity index (χ0v) is 13.8. The van der Waals surface area contributed by atoms with Gasteiger partial charge in [-0.2, -0.15) is 0 Å². The Morgan fingerprint density at radius 1 is 1.38 bits per heavy atom. The molecule has 2 aliphatic heterocycles. The lowest BCUT2D eigenvalue weighted by Gasteiger charge is -2.29. The fraction of sp³-hybridized carbons (Fsp3) is 0.529. The van der Waals surface area contributed by atoms with Crippen molar-refractivity contribution < 1.29 is 34.0 Å². The number of benzene rings is 1. The molecular formula is C17H20O7. The second-order valence-electron chi connectivity index (χ2n) is 6.42. The van der Waals surface area contributed by atoms with E-state index in [1.165, 1.54) is 7.11 Å². The van der Waals surface area contributed by atoms with Crippen LogP contribution in [0.4, 0.5) is 0 Å². The smallest absolute Gasteiger partial charge is 0.342 e. The van der Waals surface area contributed by atoms with Crippen LogP contribution in [-0.4, -0.2) is 41.0 Å². The number of aliphatic hydroxyl groups excluding tert-OH is 1. The molecule has 2 atom stereocenters. The van der Waals surface area contributed by atoms with Crippen LogP contribution >= 0.6 is 0 Å². The third-order valence-electron chi connectivity index (χ3n) is 4.92. The van der Waals surface area contributed by atoms with Crippen molar-refractivity contribution in [2.75, 3.05) is 7.11 Å². The Morgan fingerprint density at radius 2 is 2.08 bits per heavy atom. The van der Waals surface area contributed by atoms with Gasteiger partial charge in [0.2, 0.25) is 0 Å². The van der Waals surface area contributed by atoms with Crippen LogP contribution in [-0.2, 0) is 27.3 Å². The molecule has 1 saturated heterocycles. The topological polar surface area (TPSA) is 102 Å². The highest BCUT2D eigenvalue weighted by molar-refractivity contribution is 5.98. The van der Waals surface area contributed by atoms with Gasteiger partial charge in [-0.15, -0.1) is 0 Å². The summed E-state index contributed by atoms with van der Waals surface area (Å²) in [5.74, 6) is -0.803. The number of rotatable bonds is 4. The van der Waals surface area contributed by atoms with Crippen LogP contribution in [0.25, 0.3) is 0 Å². The van der Waals surface area contributed by atoms with Gasteiger partial charge in [0.1, 0.15) is 29.3 Å². The van der Waals surface area contributed by atoms with E-state index in [0.717, 1.165) is 0 Å². The van der Waals surface area contributed by atoms with E-state index in [1.807, 2.05) is 0 Å². The van der Waals surface area contributed by atoms with E-state index in [2.05, 4.69) is 0 Å². The first-order valence-corrected chi connectivity index (χ1v) is 7.76. The SMILES string of the molecule is COc1c(C)c2c(c(O)c1C[C@@H](O)[C@@]1(C)CCC(=O)O1)C(=O)OC2. The molecule has 7 nitrogen and oxygen atoms in total. The Balaban J connectivity index is 2.02. The number of hydrogen-bond donors (Lipinski definition) is 2. The fourth-order valence-electron chi connectivity index (χ4n) is 3.38. The van der Waals surface area contributed by atoms with Crippen molar-refractivity contribution in [2.45, 2.75) is 51.4 Å². The van der Waals surface area contributed by atoms with Gasteiger partial charge in [0.15, 0.2) is 0 Å². The van der Waals surface area contributed by atoms with Crippen molar-refractivity contribution in [3.8, 4) is 11.5 Å². The van der Waals surface area contributed by atoms with Crippen LogP contribution in [0.2, 0.25) is 0 Å². The monoisotopic (exact) mass is 336 g/mol. The molecule has 0 bridgehead atoms. The van der Waals surface area contributed by atoms with Crippen molar-refractivity contribution in [2.24, 2.45) is 0 Å². The largest absolute Gasteiger partial charge is 0.507 e. The van der Waals surface area contributed by atoms with E-state index < -0.39 is 17.7 Å². The number of phenolic OH excluding ortho intramolecular Hbond substituents is 1. The molecule has 3 rings (SSSR count). The normalized spacial score (nSPS) is 23.7. The number of esters is 2. The maximum atomic E-state index is 11.9. The lowest BCUT2D eigenvalue weighted by atomic mass is 9.87. The fourth-order valence-corrected chi connectivity index (χ4v) is 3.38. The van der Waals surface area contributed by atoms with Crippen LogP contribution in [0, 0.1) is 6.92 Å². The molecule has 1 aromatic rings. The van der Waals surface area contributed by atoms with Crippen LogP contribution in [0.1, 0.15) is 46.8 Å². The third kappa shape index (κ3) is 2.39. The first-order chi connectivity index (χ1) is 11.3. The molecule has 0 radical (unpaired) electrons. The van der Waals surface area contributed by atoms with Crippen molar-refractivity contribution >= 4 is 11.9 Å². The standard InChI is InChI=1S/C17H20O7/c1-8-10-7-23-16(21)13(10)14(20)9(15(8)22-3)6-11(18)17(2)5-4-12(19)24-17/h11,18,20H,4-7H2,1-3H3/t11-,17-/m1/s1. The van der Waals surface area contributed by atoms with Crippen molar-refractivity contribution in [3.63, 3.8) is 0 Å². The Kier molecular flexibility index (Phi) is 3.91. The number of ether oxygens (including phenoxy) is 3. The number of methoxy groups -OCH3 is 1. The van der Waals surface area contributed by atoms with Gasteiger partial charge in [-0.25, -0.2) is 4.79 Å². The van der Waals surface area contributed by atoms with Gasteiger partial charge in [0.25, 0.3) is 0 Å². The summed E-state index contributed by atoms with van der Waals surface area (Å²) in [6.07, 6.45) is -0.423. The number of hydrogen-bond acceptors (Lipinski definition) is 7. The molecule has 1 fully saturated rings. The summed E-state index contributed by atoms with van der Waals surface area (Å²) < 4.78 is 15.6. The first kappa shape index (κ1) is 16.6. The molecule has 2 N–H and O–H groups in total. The van der Waals surface area contributed by atoms with Gasteiger partial charge in [-0.3, -0.25) is 4.79 Å². The van der Waals surface area contributed by atoms with E-state index >= 15 is 0 Å². The van der Waals surface area contributed by atoms with Gasteiger partial charge in [-0.05, 0) is 25.8 Å². The van der Waals surface area contributed by atoms with Gasteiger partial charge in [0, 0.05) is 24.0 Å². The molecule has 0 amide bonds. The molecular weight excluding hydrogens is 316 g/mol. The van der Waals surface area contributed by atoms with Crippen LogP contribution in [0.15, 0.2) is 0 Å². The number of cyclic esters (lactones) is 2. The highest BCUT2D eigenvalue weighted by atomic mass is 16.6. The van der Waals surface area contributed by atoms with Gasteiger partial charge >= 0.3 is 11.9 Å². The minimum Gasteiger partial charge on any atom is -0.507 e. The second-order valence-corrected chi connectivity index (χ2v) is 6.42. The lowest BCUT2D eigenvalue weighted by molar-refractivity contribution is -0.156. The second kappa shape index (κ2) is 5.66. The highest BCUT2D eigenvalue weighted by Gasteiger charge is 2.43. The molecule has 2 aliphatic rings. The van der Waals surface area contributed by atoms with Crippen LogP contribution < -0.4 is 4.74 Å². The minimum absolute atomic E-state index is 0.0137. The Labute approximate surface area is 139 Å². The summed E-state index contributed by atoms with van der Waals surface area (Å²) in [6, 6.07) is 0. The average Bonchev–Trinajstić information content (AvgIpc) is 3.09. The molecule has 0 unspecified atom stereocenters. The zero-order chi connectivity index (χ0) is 17.6. The number of phenols is 1. The van der Waals surface area contributed by atoms with Crippen LogP contribution in [0.3, 0.4) is 0 Å². The van der Waals surface area contributed by atoms with Gasteiger partial charge in [0.05, 0.1) is 13.2 Å². The number of aromatic hydroxyl groups is 1. The molecule has 2 heterocycles. The van der Waals surface area contributed by atoms with E-state index in [1.54, 1.807) is 13.8 Å². The molecule has 0 aliphatic carbocycles. The molecule has 7 heteroatoms. The highest BCUT2D eigenvalue weighted by Crippen LogP contribution is 2.43. The van der Waals surface area contributed by atoms with Crippen molar-refractivity contribution in [1.82, 2.24) is 0 Å². The summed E-state index contributed by atoms with van der Waals surface area (Å²) in [4.78, 5) is 23.3. The lowest BCUT2D eigenvalue weighted by Crippen LogP contribution is -2.40. The summed E-state index contributed by atoms with van der Waals surface area (Å²) in [7, 11) is 1.46. The molecule has 24 heavy (non-hydrogen) atoms. The minimum atomic E-state index is -1.04. The summed E-state index contributed by atoms with van der Waals surface area (Å²) >= 11 is 0. The van der Waals surface area contributed by atoms with Gasteiger partial charge in [-0.1, -0.05) is 0 Å². The van der Waals surface area contributed by atoms with Crippen LogP contribution in [0.5, 0.6) is 11.5 Å². The zero-order valence-electron chi connectivity index (χ0n) is 13.8. The first-order valence-electron chi connectivity index (χ1n) is 7.76. The van der Waals surface area contributed by atoms with E-state index in [0.29, 0.717) is 28.9 Å². The molecule has 1 aromatic carbocycles. The molecule has 130 valence electrons. The maximum Gasteiger partial charge on any atom is 0.342 e. The quantitative estimate of drug-likeness (QED) is 0.801. The average molecular weight is 336 g/mol. The summed E-state index contributed by atoms with van der Waals surface area (Å²) in [5.41, 5.74) is 0.675. The summed E-state index contributed by atoms with van der Waals surface area (Å²) in [5, 5.41) is 21.1. The maximum absolute atomic E-state index is 11.9. The van der Waals surface area contributed by atoms with Crippen molar-refractivity contribution in [1.29, 1.82) is 0 Å². The number of carbonyl (C=O) groups excluding carboxylic acids is 2. The Hall–Kier alpha value is -2.28. The van der Waals surface area contributed by atoms with Gasteiger partial charge < -0.3 is 24.4 Å². The molecule has 0 saturated carbocycles. The number of carbonyl (C=O) groups is 2. The number of aliphatic hydroxyl groups is 1. The van der Waals surface area contributed by atoms with E-state index in [9.17, 15) is 19.8 Å². The Bertz CT molecular complexity index is 724. The Morgan fingerprint density at radius 3 is 2.67 bits per heavy atom.